The Bertz CT molecular complexity index is 499. The number of ether oxygens (including phenoxy) is 3. The van der Waals surface area contributed by atoms with E-state index in [1.54, 1.807) is 6.08 Å². The molecule has 0 radical (unpaired) electrons. The Balaban J connectivity index is 2.31. The first-order chi connectivity index (χ1) is 10.5. The maximum atomic E-state index is 9.27. The summed E-state index contributed by atoms with van der Waals surface area (Å²) >= 11 is 0. The minimum absolute atomic E-state index is 0.0323. The summed E-state index contributed by atoms with van der Waals surface area (Å²) < 4.78 is 17.2. The van der Waals surface area contributed by atoms with E-state index in [4.69, 9.17) is 14.2 Å². The molecule has 0 saturated carbocycles. The molecule has 0 aromatic carbocycles. The molecule has 0 aromatic heterocycles. The van der Waals surface area contributed by atoms with Crippen molar-refractivity contribution >= 4 is 5.71 Å². The van der Waals surface area contributed by atoms with Crippen molar-refractivity contribution in [3.63, 3.8) is 0 Å². The van der Waals surface area contributed by atoms with Gasteiger partial charge in [0.2, 0.25) is 0 Å². The molecule has 1 saturated heterocycles. The van der Waals surface area contributed by atoms with Gasteiger partial charge in [0.25, 0.3) is 0 Å². The average Bonchev–Trinajstić information content (AvgIpc) is 2.48. The van der Waals surface area contributed by atoms with Crippen molar-refractivity contribution in [2.75, 3.05) is 26.3 Å². The van der Waals surface area contributed by atoms with E-state index < -0.39 is 0 Å². The number of nitrogens with zero attached hydrogens (tertiary/aromatic N) is 3. The first-order valence-electron chi connectivity index (χ1n) is 7.82. The van der Waals surface area contributed by atoms with Crippen molar-refractivity contribution in [2.45, 2.75) is 46.0 Å². The molecule has 2 aliphatic rings. The van der Waals surface area contributed by atoms with Crippen molar-refractivity contribution in [3.8, 4) is 0 Å². The quantitative estimate of drug-likeness (QED) is 0.575. The van der Waals surface area contributed by atoms with Gasteiger partial charge in [-0.15, -0.1) is 0 Å². The van der Waals surface area contributed by atoms with E-state index in [-0.39, 0.29) is 18.3 Å². The van der Waals surface area contributed by atoms with Crippen LogP contribution in [-0.4, -0.2) is 60.0 Å². The van der Waals surface area contributed by atoms with Crippen LogP contribution in [0.15, 0.2) is 23.6 Å². The molecule has 2 rings (SSSR count). The van der Waals surface area contributed by atoms with E-state index in [2.05, 4.69) is 9.69 Å². The molecule has 0 spiro atoms. The van der Waals surface area contributed by atoms with Crippen molar-refractivity contribution in [3.05, 3.63) is 29.1 Å². The highest BCUT2D eigenvalue weighted by molar-refractivity contribution is 5.97. The topological polar surface area (TPSA) is 67.3 Å². The van der Waals surface area contributed by atoms with Gasteiger partial charge < -0.3 is 24.6 Å². The molecule has 122 valence electrons. The molecule has 0 bridgehead atoms. The first-order valence-corrected chi connectivity index (χ1v) is 7.82. The van der Waals surface area contributed by atoms with E-state index in [0.717, 1.165) is 18.8 Å². The first kappa shape index (κ1) is 16.7. The van der Waals surface area contributed by atoms with E-state index >= 15 is 0 Å². The van der Waals surface area contributed by atoms with Crippen LogP contribution >= 0.6 is 0 Å². The number of hydrogen-bond acceptors (Lipinski definition) is 4. The number of morpholine rings is 1. The number of hydrogen-bond donors (Lipinski definition) is 0. The Kier molecular flexibility index (Phi) is 5.77. The zero-order chi connectivity index (χ0) is 16.1. The second kappa shape index (κ2) is 7.58. The fourth-order valence-corrected chi connectivity index (χ4v) is 2.50. The van der Waals surface area contributed by atoms with Gasteiger partial charge in [0.05, 0.1) is 37.2 Å². The maximum Gasteiger partial charge on any atom is 0.328 e. The SMILES string of the molecule is CC(C)OC1=CC(=[N+]=[N-])C(OC(C)C)C=C1N1CCOCC1. The van der Waals surface area contributed by atoms with Crippen LogP contribution < -0.4 is 0 Å². The van der Waals surface area contributed by atoms with E-state index in [0.29, 0.717) is 24.7 Å². The molecule has 1 unspecified atom stereocenters. The average molecular weight is 307 g/mol. The van der Waals surface area contributed by atoms with Crippen LogP contribution in [0.4, 0.5) is 0 Å². The fourth-order valence-electron chi connectivity index (χ4n) is 2.50. The third-order valence-electron chi connectivity index (χ3n) is 3.38. The molecule has 1 fully saturated rings. The van der Waals surface area contributed by atoms with Crippen LogP contribution in [0.5, 0.6) is 0 Å². The summed E-state index contributed by atoms with van der Waals surface area (Å²) in [7, 11) is 0. The van der Waals surface area contributed by atoms with Crippen molar-refractivity contribution in [2.24, 2.45) is 0 Å². The maximum absolute atomic E-state index is 9.27. The Labute approximate surface area is 132 Å². The minimum Gasteiger partial charge on any atom is -0.489 e. The lowest BCUT2D eigenvalue weighted by Gasteiger charge is -2.34. The lowest BCUT2D eigenvalue weighted by atomic mass is 10.0. The summed E-state index contributed by atoms with van der Waals surface area (Å²) in [4.78, 5) is 5.59. The van der Waals surface area contributed by atoms with Crippen molar-refractivity contribution < 1.29 is 19.0 Å². The standard InChI is InChI=1S/C16H25N3O3/c1-11(2)21-15-10-14(19-5-7-20-8-6-19)16(22-12(3)4)9-13(15)18-17/h9-12,15H,5-8H2,1-4H3. The third kappa shape index (κ3) is 4.19. The van der Waals surface area contributed by atoms with Gasteiger partial charge in [0.15, 0.2) is 6.10 Å². The predicted octanol–water partition coefficient (Wildman–Crippen LogP) is 1.99. The molecule has 6 heteroatoms. The van der Waals surface area contributed by atoms with Gasteiger partial charge in [0, 0.05) is 13.1 Å². The van der Waals surface area contributed by atoms with Gasteiger partial charge in [-0.1, -0.05) is 0 Å². The Morgan fingerprint density at radius 2 is 1.91 bits per heavy atom. The van der Waals surface area contributed by atoms with Crippen LogP contribution in [0.25, 0.3) is 5.53 Å². The van der Waals surface area contributed by atoms with E-state index in [1.807, 2.05) is 33.8 Å². The lowest BCUT2D eigenvalue weighted by molar-refractivity contribution is -0.0313. The smallest absolute Gasteiger partial charge is 0.328 e. The monoisotopic (exact) mass is 307 g/mol. The van der Waals surface area contributed by atoms with E-state index in [1.165, 1.54) is 0 Å². The molecule has 0 aromatic rings. The molecule has 22 heavy (non-hydrogen) atoms. The van der Waals surface area contributed by atoms with Crippen LogP contribution in [0.3, 0.4) is 0 Å². The Hall–Kier alpha value is -1.62. The summed E-state index contributed by atoms with van der Waals surface area (Å²) in [6.45, 7) is 10.9. The van der Waals surface area contributed by atoms with Gasteiger partial charge in [-0.25, -0.2) is 0 Å². The molecule has 1 atom stereocenters. The van der Waals surface area contributed by atoms with Crippen molar-refractivity contribution in [1.82, 2.24) is 4.90 Å². The molecule has 1 aliphatic carbocycles. The second-order valence-corrected chi connectivity index (χ2v) is 5.96. The molecule has 6 nitrogen and oxygen atoms in total. The van der Waals surface area contributed by atoms with Crippen molar-refractivity contribution in [1.29, 1.82) is 0 Å². The van der Waals surface area contributed by atoms with Gasteiger partial charge in [-0.05, 0) is 33.8 Å². The highest BCUT2D eigenvalue weighted by Crippen LogP contribution is 2.26. The Morgan fingerprint density at radius 3 is 2.45 bits per heavy atom. The summed E-state index contributed by atoms with van der Waals surface area (Å²) in [5.74, 6) is 0.716. The van der Waals surface area contributed by atoms with E-state index in [9.17, 15) is 5.53 Å². The fraction of sp³-hybridized carbons (Fsp3) is 0.688. The summed E-state index contributed by atoms with van der Waals surface area (Å²) in [6.07, 6.45) is 3.43. The molecule has 0 amide bonds. The van der Waals surface area contributed by atoms with Crippen LogP contribution in [0, 0.1) is 0 Å². The normalized spacial score (nSPS) is 22.5. The summed E-state index contributed by atoms with van der Waals surface area (Å²) in [5.41, 5.74) is 10.7. The highest BCUT2D eigenvalue weighted by Gasteiger charge is 2.32. The highest BCUT2D eigenvalue weighted by atomic mass is 16.5. The molecule has 1 heterocycles. The summed E-state index contributed by atoms with van der Waals surface area (Å²) in [6, 6.07) is 0. The zero-order valence-electron chi connectivity index (χ0n) is 13.8. The summed E-state index contributed by atoms with van der Waals surface area (Å²) in [5, 5.41) is 0. The van der Waals surface area contributed by atoms with Gasteiger partial charge in [0.1, 0.15) is 5.76 Å². The minimum atomic E-state index is -0.373. The second-order valence-electron chi connectivity index (χ2n) is 5.96. The lowest BCUT2D eigenvalue weighted by Crippen LogP contribution is -2.40. The largest absolute Gasteiger partial charge is 0.489 e. The Morgan fingerprint density at radius 1 is 1.23 bits per heavy atom. The van der Waals surface area contributed by atoms with Gasteiger partial charge >= 0.3 is 5.71 Å². The van der Waals surface area contributed by atoms with Gasteiger partial charge in [-0.2, -0.15) is 4.79 Å². The van der Waals surface area contributed by atoms with Crippen LogP contribution in [0.2, 0.25) is 0 Å². The molecule has 0 N–H and O–H groups in total. The predicted molar refractivity (Wildman–Crippen MR) is 83.4 cm³/mol. The van der Waals surface area contributed by atoms with Gasteiger partial charge in [-0.3, -0.25) is 0 Å². The zero-order valence-corrected chi connectivity index (χ0v) is 13.8. The van der Waals surface area contributed by atoms with Crippen LogP contribution in [-0.2, 0) is 14.2 Å². The molecular formula is C16H25N3O3. The number of rotatable bonds is 5. The molecule has 1 aliphatic heterocycles. The van der Waals surface area contributed by atoms with Crippen LogP contribution in [0.1, 0.15) is 27.7 Å². The molecular weight excluding hydrogens is 282 g/mol. The third-order valence-corrected chi connectivity index (χ3v) is 3.38.